The van der Waals surface area contributed by atoms with Crippen LogP contribution >= 0.6 is 0 Å². The summed E-state index contributed by atoms with van der Waals surface area (Å²) >= 11 is 0. The first-order chi connectivity index (χ1) is 40.2. The Morgan fingerprint density at radius 1 is 0.250 bits per heavy atom. The van der Waals surface area contributed by atoms with E-state index in [0.717, 1.165) is 34.1 Å². The number of aromatic nitrogens is 2. The van der Waals surface area contributed by atoms with E-state index in [-0.39, 0.29) is 21.7 Å². The molecule has 12 aromatic carbocycles. The first-order valence-corrected chi connectivity index (χ1v) is 30.0. The molecule has 0 saturated heterocycles. The quantitative estimate of drug-likeness (QED) is 0.141. The highest BCUT2D eigenvalue weighted by molar-refractivity contribution is 6.29. The van der Waals surface area contributed by atoms with Gasteiger partial charge in [0.2, 0.25) is 0 Å². The van der Waals surface area contributed by atoms with E-state index in [1.165, 1.54) is 110 Å². The van der Waals surface area contributed by atoms with Crippen LogP contribution in [0.4, 0.5) is 34.1 Å². The SMILES string of the molecule is CC(C)(C)c1cc(-n2c3ccccc3c3c(N(c4ccccc4)c4ccc5ccc6c(N(c7ccccc7)c7cccc8c7c7ccccc7n8-c7cc(C(C)(C)C)cc(C(C)(C)C)c7)ccc7ccc4c5c76)cccc32)cc(C(C)(C)C)c1. The topological polar surface area (TPSA) is 16.3 Å². The van der Waals surface area contributed by atoms with Gasteiger partial charge in [-0.25, -0.2) is 0 Å². The Hall–Kier alpha value is -9.12. The zero-order chi connectivity index (χ0) is 58.2. The van der Waals surface area contributed by atoms with E-state index < -0.39 is 0 Å². The highest BCUT2D eigenvalue weighted by Crippen LogP contribution is 2.52. The Balaban J connectivity index is 1.01. The number of hydrogen-bond acceptors (Lipinski definition) is 2. The molecule has 14 rings (SSSR count). The van der Waals surface area contributed by atoms with Crippen molar-refractivity contribution < 1.29 is 0 Å². The number of para-hydroxylation sites is 4. The summed E-state index contributed by atoms with van der Waals surface area (Å²) in [5.74, 6) is 0. The minimum atomic E-state index is -0.0358. The highest BCUT2D eigenvalue weighted by atomic mass is 15.2. The van der Waals surface area contributed by atoms with Crippen molar-refractivity contribution in [2.75, 3.05) is 9.80 Å². The molecular formula is C80H74N4. The molecule has 2 heterocycles. The zero-order valence-corrected chi connectivity index (χ0v) is 50.7. The molecule has 84 heavy (non-hydrogen) atoms. The molecular weight excluding hydrogens is 1020 g/mol. The normalized spacial score (nSPS) is 12.8. The summed E-state index contributed by atoms with van der Waals surface area (Å²) in [5, 5.41) is 12.2. The van der Waals surface area contributed by atoms with E-state index >= 15 is 0 Å². The number of rotatable bonds is 8. The molecule has 0 radical (unpaired) electrons. The van der Waals surface area contributed by atoms with Crippen molar-refractivity contribution in [3.05, 3.63) is 253 Å². The van der Waals surface area contributed by atoms with Crippen LogP contribution in [0.1, 0.15) is 105 Å². The van der Waals surface area contributed by atoms with Gasteiger partial charge in [-0.3, -0.25) is 0 Å². The number of anilines is 6. The van der Waals surface area contributed by atoms with E-state index in [4.69, 9.17) is 0 Å². The Morgan fingerprint density at radius 3 is 0.929 bits per heavy atom. The summed E-state index contributed by atoms with van der Waals surface area (Å²) in [6.45, 7) is 27.9. The molecule has 0 aliphatic rings. The molecule has 0 atom stereocenters. The lowest BCUT2D eigenvalue weighted by atomic mass is 9.80. The molecule has 0 bridgehead atoms. The summed E-state index contributed by atoms with van der Waals surface area (Å²) in [6.07, 6.45) is 0. The van der Waals surface area contributed by atoms with Gasteiger partial charge in [-0.1, -0.05) is 217 Å². The van der Waals surface area contributed by atoms with Crippen molar-refractivity contribution in [3.8, 4) is 11.4 Å². The fourth-order valence-corrected chi connectivity index (χ4v) is 13.3. The highest BCUT2D eigenvalue weighted by Gasteiger charge is 2.29. The van der Waals surface area contributed by atoms with E-state index in [9.17, 15) is 0 Å². The molecule has 0 saturated carbocycles. The number of nitrogens with zero attached hydrogens (tertiary/aromatic N) is 4. The van der Waals surface area contributed by atoms with Gasteiger partial charge in [0.1, 0.15) is 0 Å². The second kappa shape index (κ2) is 19.2. The Kier molecular flexibility index (Phi) is 12.1. The van der Waals surface area contributed by atoms with Crippen molar-refractivity contribution in [1.82, 2.24) is 9.13 Å². The van der Waals surface area contributed by atoms with E-state index in [1.807, 2.05) is 0 Å². The van der Waals surface area contributed by atoms with Gasteiger partial charge in [0.15, 0.2) is 0 Å². The fourth-order valence-electron chi connectivity index (χ4n) is 13.3. The van der Waals surface area contributed by atoms with Gasteiger partial charge < -0.3 is 18.9 Å². The third-order valence-corrected chi connectivity index (χ3v) is 17.8. The van der Waals surface area contributed by atoms with Crippen LogP contribution in [0.15, 0.2) is 231 Å². The van der Waals surface area contributed by atoms with Crippen LogP contribution in [0.25, 0.3) is 87.3 Å². The van der Waals surface area contributed by atoms with Crippen LogP contribution in [0.2, 0.25) is 0 Å². The van der Waals surface area contributed by atoms with Crippen molar-refractivity contribution in [3.63, 3.8) is 0 Å². The predicted octanol–water partition coefficient (Wildman–Crippen LogP) is 22.9. The van der Waals surface area contributed by atoms with Crippen molar-refractivity contribution >= 4 is 110 Å². The second-order valence-corrected chi connectivity index (χ2v) is 27.5. The average Bonchev–Trinajstić information content (AvgIpc) is 1.37. The molecule has 14 aromatic rings. The van der Waals surface area contributed by atoms with Gasteiger partial charge in [0.25, 0.3) is 0 Å². The van der Waals surface area contributed by atoms with Crippen LogP contribution < -0.4 is 9.80 Å². The average molecular weight is 1090 g/mol. The molecule has 0 amide bonds. The van der Waals surface area contributed by atoms with Crippen molar-refractivity contribution in [2.45, 2.75) is 105 Å². The van der Waals surface area contributed by atoms with Gasteiger partial charge >= 0.3 is 0 Å². The van der Waals surface area contributed by atoms with E-state index in [2.05, 4.69) is 333 Å². The maximum atomic E-state index is 2.52. The molecule has 4 heteroatoms. The van der Waals surface area contributed by atoms with Crippen LogP contribution in [0, 0.1) is 0 Å². The first-order valence-electron chi connectivity index (χ1n) is 30.0. The van der Waals surface area contributed by atoms with Crippen LogP contribution in [0.3, 0.4) is 0 Å². The smallest absolute Gasteiger partial charge is 0.0562 e. The number of hydrogen-bond donors (Lipinski definition) is 0. The third kappa shape index (κ3) is 8.63. The summed E-state index contributed by atoms with van der Waals surface area (Å²) < 4.78 is 5.02. The summed E-state index contributed by atoms with van der Waals surface area (Å²) in [5.41, 5.74) is 19.0. The lowest BCUT2D eigenvalue weighted by Crippen LogP contribution is -2.17. The predicted molar refractivity (Wildman–Crippen MR) is 363 cm³/mol. The lowest BCUT2D eigenvalue weighted by molar-refractivity contribution is 0.567. The third-order valence-electron chi connectivity index (χ3n) is 17.8. The van der Waals surface area contributed by atoms with Gasteiger partial charge in [0, 0.05) is 55.1 Å². The maximum absolute atomic E-state index is 2.52. The van der Waals surface area contributed by atoms with E-state index in [1.54, 1.807) is 0 Å². The number of fused-ring (bicyclic) bond motifs is 6. The van der Waals surface area contributed by atoms with Gasteiger partial charge in [0.05, 0.1) is 44.8 Å². The van der Waals surface area contributed by atoms with E-state index in [0.29, 0.717) is 0 Å². The Morgan fingerprint density at radius 2 is 0.571 bits per heavy atom. The Bertz CT molecular complexity index is 4500. The van der Waals surface area contributed by atoms with Gasteiger partial charge in [-0.2, -0.15) is 0 Å². The zero-order valence-electron chi connectivity index (χ0n) is 50.7. The minimum absolute atomic E-state index is 0.0358. The molecule has 4 nitrogen and oxygen atoms in total. The van der Waals surface area contributed by atoms with Crippen LogP contribution in [-0.2, 0) is 21.7 Å². The number of benzene rings is 12. The van der Waals surface area contributed by atoms with Crippen LogP contribution in [-0.4, -0.2) is 9.13 Å². The first kappa shape index (κ1) is 52.9. The summed E-state index contributed by atoms with van der Waals surface area (Å²) in [6, 6.07) is 87.1. The molecule has 0 unspecified atom stereocenters. The minimum Gasteiger partial charge on any atom is -0.309 e. The fraction of sp³-hybridized carbons (Fsp3) is 0.200. The Labute approximate surface area is 495 Å². The molecule has 0 aliphatic heterocycles. The monoisotopic (exact) mass is 1090 g/mol. The van der Waals surface area contributed by atoms with Crippen molar-refractivity contribution in [2.24, 2.45) is 0 Å². The standard InChI is InChI=1S/C80H74N4/c1-77(2,3)53-45-54(78(4,5)6)48-59(47-53)83-65-31-21-19-29-61(65)75-69(33-23-35-71(75)83)81(57-25-15-13-16-26-57)67-43-39-51-38-42-64-68(44-40-52-37-41-63(67)73(51)74(52)64)82(58-27-17-14-18-28-58)70-34-24-36-72-76(70)62-30-20-22-32-66(62)84(72)60-49-55(79(7,8)9)46-56(50-60)80(10,11)12/h13-50H,1-12H3. The largest absolute Gasteiger partial charge is 0.309 e. The summed E-state index contributed by atoms with van der Waals surface area (Å²) in [7, 11) is 0. The maximum Gasteiger partial charge on any atom is 0.0562 e. The molecule has 0 spiro atoms. The molecule has 0 N–H and O–H groups in total. The molecule has 414 valence electrons. The second-order valence-electron chi connectivity index (χ2n) is 27.5. The van der Waals surface area contributed by atoms with Gasteiger partial charge in [-0.05, 0) is 163 Å². The molecule has 0 aliphatic carbocycles. The molecule has 2 aromatic heterocycles. The summed E-state index contributed by atoms with van der Waals surface area (Å²) in [4.78, 5) is 5.04. The lowest BCUT2D eigenvalue weighted by Gasteiger charge is -2.30. The molecule has 0 fully saturated rings. The van der Waals surface area contributed by atoms with Crippen molar-refractivity contribution in [1.29, 1.82) is 0 Å². The van der Waals surface area contributed by atoms with Crippen LogP contribution in [0.5, 0.6) is 0 Å². The van der Waals surface area contributed by atoms with Gasteiger partial charge in [-0.15, -0.1) is 0 Å².